The molecule has 1 atom stereocenters. The number of nitrogens with one attached hydrogen (secondary N) is 2. The molecule has 1 aromatic carbocycles. The molecule has 1 heterocycles. The monoisotopic (exact) mass is 331 g/mol. The van der Waals surface area contributed by atoms with Gasteiger partial charge in [-0.25, -0.2) is 9.78 Å². The van der Waals surface area contributed by atoms with Crippen LogP contribution in [0.5, 0.6) is 11.5 Å². The zero-order valence-corrected chi connectivity index (χ0v) is 12.9. The molecule has 4 N–H and O–H groups in total. The molecule has 2 aromatic rings. The average molecular weight is 331 g/mol. The van der Waals surface area contributed by atoms with Gasteiger partial charge in [-0.15, -0.1) is 0 Å². The highest BCUT2D eigenvalue weighted by Crippen LogP contribution is 2.25. The van der Waals surface area contributed by atoms with Gasteiger partial charge >= 0.3 is 5.97 Å². The van der Waals surface area contributed by atoms with Gasteiger partial charge in [-0.05, 0) is 23.8 Å². The second-order valence-corrected chi connectivity index (χ2v) is 4.95. The van der Waals surface area contributed by atoms with E-state index in [0.29, 0.717) is 11.3 Å². The lowest BCUT2D eigenvalue weighted by Gasteiger charge is -2.14. The number of carbonyl (C=O) groups is 2. The number of esters is 1. The topological polar surface area (TPSA) is 125 Å². The zero-order valence-electron chi connectivity index (χ0n) is 12.9. The second kappa shape index (κ2) is 7.82. The lowest BCUT2D eigenvalue weighted by atomic mass is 10.1. The first-order chi connectivity index (χ1) is 11.5. The molecule has 0 spiro atoms. The molecular weight excluding hydrogens is 314 g/mol. The van der Waals surface area contributed by atoms with Crippen molar-refractivity contribution in [2.75, 3.05) is 7.11 Å². The van der Waals surface area contributed by atoms with Crippen molar-refractivity contribution in [3.63, 3.8) is 0 Å². The zero-order chi connectivity index (χ0) is 17.5. The minimum atomic E-state index is -0.860. The van der Waals surface area contributed by atoms with Crippen LogP contribution in [0.1, 0.15) is 11.3 Å². The van der Waals surface area contributed by atoms with E-state index in [0.717, 1.165) is 0 Å². The Labute approximate surface area is 137 Å². The molecule has 0 bridgehead atoms. The van der Waals surface area contributed by atoms with Crippen LogP contribution in [0.25, 0.3) is 6.08 Å². The molecule has 126 valence electrons. The van der Waals surface area contributed by atoms with E-state index in [1.165, 1.54) is 43.8 Å². The maximum Gasteiger partial charge on any atom is 0.328 e. The first-order valence-corrected chi connectivity index (χ1v) is 7.05. The minimum Gasteiger partial charge on any atom is -0.504 e. The fraction of sp³-hybridized carbons (Fsp3) is 0.188. The largest absolute Gasteiger partial charge is 0.504 e. The Hall–Kier alpha value is -3.29. The summed E-state index contributed by atoms with van der Waals surface area (Å²) in [5.74, 6) is -1.61. The van der Waals surface area contributed by atoms with Crippen molar-refractivity contribution in [3.8, 4) is 11.5 Å². The Kier molecular flexibility index (Phi) is 5.56. The van der Waals surface area contributed by atoms with E-state index in [-0.39, 0.29) is 17.9 Å². The highest BCUT2D eigenvalue weighted by molar-refractivity contribution is 5.94. The number of H-pyrrole nitrogens is 1. The Balaban J connectivity index is 2.02. The van der Waals surface area contributed by atoms with Gasteiger partial charge in [-0.3, -0.25) is 4.79 Å². The van der Waals surface area contributed by atoms with Gasteiger partial charge in [-0.1, -0.05) is 6.07 Å². The van der Waals surface area contributed by atoms with Crippen LogP contribution >= 0.6 is 0 Å². The number of benzene rings is 1. The molecule has 0 fully saturated rings. The Morgan fingerprint density at radius 2 is 2.17 bits per heavy atom. The van der Waals surface area contributed by atoms with E-state index in [1.807, 2.05) is 0 Å². The third-order valence-electron chi connectivity index (χ3n) is 3.21. The summed E-state index contributed by atoms with van der Waals surface area (Å²) in [6, 6.07) is 3.28. The van der Waals surface area contributed by atoms with Crippen molar-refractivity contribution in [2.24, 2.45) is 0 Å². The standard InChI is InChI=1S/C16H17N3O5/c1-24-16(23)12(7-11-8-17-9-18-11)19-15(22)5-3-10-2-4-13(20)14(21)6-10/h2-6,8-9,12,20-21H,7H2,1H3,(H,17,18)(H,19,22)/b5-3+. The molecule has 0 saturated heterocycles. The average Bonchev–Trinajstić information content (AvgIpc) is 3.07. The summed E-state index contributed by atoms with van der Waals surface area (Å²) in [4.78, 5) is 30.5. The summed E-state index contributed by atoms with van der Waals surface area (Å²) >= 11 is 0. The third kappa shape index (κ3) is 4.60. The Morgan fingerprint density at radius 1 is 1.38 bits per heavy atom. The van der Waals surface area contributed by atoms with Crippen molar-refractivity contribution in [1.82, 2.24) is 15.3 Å². The van der Waals surface area contributed by atoms with Crippen molar-refractivity contribution in [3.05, 3.63) is 48.1 Å². The normalized spacial score (nSPS) is 12.0. The maximum atomic E-state index is 12.0. The molecule has 1 amide bonds. The van der Waals surface area contributed by atoms with E-state index in [9.17, 15) is 19.8 Å². The number of hydrogen-bond acceptors (Lipinski definition) is 6. The first-order valence-electron chi connectivity index (χ1n) is 7.05. The van der Waals surface area contributed by atoms with E-state index >= 15 is 0 Å². The van der Waals surface area contributed by atoms with Crippen molar-refractivity contribution in [1.29, 1.82) is 0 Å². The van der Waals surface area contributed by atoms with Crippen molar-refractivity contribution < 1.29 is 24.5 Å². The van der Waals surface area contributed by atoms with Gasteiger partial charge in [0.2, 0.25) is 5.91 Å². The van der Waals surface area contributed by atoms with Gasteiger partial charge in [-0.2, -0.15) is 0 Å². The van der Waals surface area contributed by atoms with Crippen LogP contribution in [0.15, 0.2) is 36.8 Å². The number of methoxy groups -OCH3 is 1. The lowest BCUT2D eigenvalue weighted by Crippen LogP contribution is -2.42. The van der Waals surface area contributed by atoms with Crippen molar-refractivity contribution in [2.45, 2.75) is 12.5 Å². The molecule has 0 aliphatic carbocycles. The van der Waals surface area contributed by atoms with Crippen LogP contribution in [0.4, 0.5) is 0 Å². The molecule has 0 aliphatic rings. The summed E-state index contributed by atoms with van der Waals surface area (Å²) in [6.07, 6.45) is 5.90. The number of amides is 1. The van der Waals surface area contributed by atoms with Crippen LogP contribution in [0, 0.1) is 0 Å². The lowest BCUT2D eigenvalue weighted by molar-refractivity contribution is -0.144. The molecule has 24 heavy (non-hydrogen) atoms. The van der Waals surface area contributed by atoms with Gasteiger partial charge in [0.15, 0.2) is 11.5 Å². The van der Waals surface area contributed by atoms with Crippen LogP contribution in [-0.2, 0) is 20.7 Å². The van der Waals surface area contributed by atoms with E-state index in [1.54, 1.807) is 6.20 Å². The quantitative estimate of drug-likeness (QED) is 0.351. The van der Waals surface area contributed by atoms with Gasteiger partial charge in [0.1, 0.15) is 6.04 Å². The second-order valence-electron chi connectivity index (χ2n) is 4.95. The molecule has 1 aromatic heterocycles. The summed E-state index contributed by atoms with van der Waals surface area (Å²) in [6.45, 7) is 0. The molecule has 0 aliphatic heterocycles. The number of nitrogens with zero attached hydrogens (tertiary/aromatic N) is 1. The fourth-order valence-electron chi connectivity index (χ4n) is 1.99. The number of hydrogen-bond donors (Lipinski definition) is 4. The number of aromatic hydroxyl groups is 2. The predicted molar refractivity (Wildman–Crippen MR) is 85.0 cm³/mol. The number of rotatable bonds is 6. The number of phenols is 2. The molecule has 2 rings (SSSR count). The van der Waals surface area contributed by atoms with Crippen LogP contribution < -0.4 is 5.32 Å². The summed E-state index contributed by atoms with van der Waals surface area (Å²) in [5.41, 5.74) is 1.20. The number of aromatic amines is 1. The molecule has 0 saturated carbocycles. The molecule has 8 heteroatoms. The van der Waals surface area contributed by atoms with Gasteiger partial charge in [0, 0.05) is 24.4 Å². The van der Waals surface area contributed by atoms with Crippen LogP contribution in [-0.4, -0.2) is 45.2 Å². The molecule has 1 unspecified atom stereocenters. The van der Waals surface area contributed by atoms with E-state index in [4.69, 9.17) is 0 Å². The van der Waals surface area contributed by atoms with Crippen LogP contribution in [0.2, 0.25) is 0 Å². The summed E-state index contributed by atoms with van der Waals surface area (Å²) in [7, 11) is 1.24. The molecule has 8 nitrogen and oxygen atoms in total. The summed E-state index contributed by atoms with van der Waals surface area (Å²) in [5, 5.41) is 21.2. The van der Waals surface area contributed by atoms with Gasteiger partial charge in [0.25, 0.3) is 0 Å². The molecule has 0 radical (unpaired) electrons. The van der Waals surface area contributed by atoms with Crippen LogP contribution in [0.3, 0.4) is 0 Å². The fourth-order valence-corrected chi connectivity index (χ4v) is 1.99. The van der Waals surface area contributed by atoms with E-state index in [2.05, 4.69) is 20.0 Å². The van der Waals surface area contributed by atoms with Crippen molar-refractivity contribution >= 4 is 18.0 Å². The Morgan fingerprint density at radius 3 is 2.79 bits per heavy atom. The minimum absolute atomic E-state index is 0.215. The number of ether oxygens (including phenoxy) is 1. The Bertz CT molecular complexity index is 740. The summed E-state index contributed by atoms with van der Waals surface area (Å²) < 4.78 is 4.68. The van der Waals surface area contributed by atoms with Gasteiger partial charge < -0.3 is 25.3 Å². The number of phenolic OH excluding ortho intramolecular Hbond substituents is 2. The predicted octanol–water partition coefficient (Wildman–Crippen LogP) is 0.735. The number of aromatic nitrogens is 2. The number of imidazole rings is 1. The first kappa shape index (κ1) is 17.1. The smallest absolute Gasteiger partial charge is 0.328 e. The number of carbonyl (C=O) groups excluding carboxylic acids is 2. The third-order valence-corrected chi connectivity index (χ3v) is 3.21. The molecular formula is C16H17N3O5. The SMILES string of the molecule is COC(=O)C(Cc1cnc[nH]1)NC(=O)/C=C/c1ccc(O)c(O)c1. The maximum absolute atomic E-state index is 12.0. The highest BCUT2D eigenvalue weighted by Gasteiger charge is 2.21. The van der Waals surface area contributed by atoms with Gasteiger partial charge in [0.05, 0.1) is 13.4 Å². The van der Waals surface area contributed by atoms with E-state index < -0.39 is 17.9 Å². The highest BCUT2D eigenvalue weighted by atomic mass is 16.5.